The van der Waals surface area contributed by atoms with Gasteiger partial charge in [-0.3, -0.25) is 14.4 Å². The van der Waals surface area contributed by atoms with Crippen molar-refractivity contribution in [2.75, 3.05) is 0 Å². The third-order valence-corrected chi connectivity index (χ3v) is 2.44. The predicted octanol–water partition coefficient (Wildman–Crippen LogP) is 3.04. The molecule has 1 aromatic carbocycles. The number of carbonyl (C=O) groups is 3. The first-order valence-electron chi connectivity index (χ1n) is 5.52. The number of phenols is 3. The molecule has 12 heteroatoms. The smallest absolute Gasteiger partial charge is 0.300 e. The van der Waals surface area contributed by atoms with Crippen LogP contribution >= 0.6 is 34.8 Å². The van der Waals surface area contributed by atoms with E-state index in [0.717, 1.165) is 20.8 Å². The van der Waals surface area contributed by atoms with Crippen molar-refractivity contribution >= 4 is 52.7 Å². The van der Waals surface area contributed by atoms with Gasteiger partial charge in [0.15, 0.2) is 17.2 Å². The fraction of sp³-hybridized carbons (Fsp3) is 0.250. The van der Waals surface area contributed by atoms with Gasteiger partial charge in [-0.2, -0.15) is 0 Å². The van der Waals surface area contributed by atoms with E-state index in [-0.39, 0.29) is 10.0 Å². The molecule has 0 bridgehead atoms. The van der Waals surface area contributed by atoms with E-state index in [1.54, 1.807) is 0 Å². The molecule has 0 amide bonds. The fourth-order valence-corrected chi connectivity index (χ4v) is 1.22. The summed E-state index contributed by atoms with van der Waals surface area (Å²) in [7, 11) is 0. The van der Waals surface area contributed by atoms with Gasteiger partial charge in [0.05, 0.1) is 0 Å². The molecular weight excluding hydrogens is 394 g/mol. The molecule has 24 heavy (non-hydrogen) atoms. The predicted molar refractivity (Wildman–Crippen MR) is 86.4 cm³/mol. The van der Waals surface area contributed by atoms with Gasteiger partial charge in [0.1, 0.15) is 15.1 Å². The van der Waals surface area contributed by atoms with Crippen molar-refractivity contribution in [2.24, 2.45) is 0 Å². The van der Waals surface area contributed by atoms with Crippen LogP contribution in [-0.4, -0.2) is 48.5 Å². The van der Waals surface area contributed by atoms with Gasteiger partial charge in [0.25, 0.3) is 17.9 Å². The van der Waals surface area contributed by atoms with E-state index in [1.165, 1.54) is 0 Å². The minimum absolute atomic E-state index is 0.294. The molecule has 6 N–H and O–H groups in total. The number of benzene rings is 1. The van der Waals surface area contributed by atoms with Crippen molar-refractivity contribution in [1.29, 1.82) is 0 Å². The van der Waals surface area contributed by atoms with Gasteiger partial charge in [-0.25, -0.2) is 0 Å². The molecule has 0 heterocycles. The zero-order chi connectivity index (χ0) is 20.2. The lowest BCUT2D eigenvalue weighted by atomic mass is 10.3. The van der Waals surface area contributed by atoms with Crippen LogP contribution in [0.2, 0.25) is 15.1 Å². The largest absolute Gasteiger partial charge is 0.505 e. The SMILES string of the molecule is CC(=O)O.CC(=O)O.CC(=O)O.Oc1c(O)c(Cl)c(Cl)c(O)c1Cl. The Morgan fingerprint density at radius 3 is 1.00 bits per heavy atom. The summed E-state index contributed by atoms with van der Waals surface area (Å²) in [6.45, 7) is 3.25. The summed E-state index contributed by atoms with van der Waals surface area (Å²) in [5, 5.41) is 48.3. The summed E-state index contributed by atoms with van der Waals surface area (Å²) in [6, 6.07) is 0. The Morgan fingerprint density at radius 1 is 0.583 bits per heavy atom. The zero-order valence-corrected chi connectivity index (χ0v) is 14.8. The second kappa shape index (κ2) is 13.3. The first-order valence-corrected chi connectivity index (χ1v) is 6.65. The van der Waals surface area contributed by atoms with Crippen LogP contribution in [0.4, 0.5) is 0 Å². The number of hydrogen-bond donors (Lipinski definition) is 6. The summed E-state index contributed by atoms with van der Waals surface area (Å²) < 4.78 is 0. The Bertz CT molecular complexity index is 442. The monoisotopic (exact) mass is 408 g/mol. The molecule has 0 aliphatic heterocycles. The summed E-state index contributed by atoms with van der Waals surface area (Å²) in [6.07, 6.45) is 0. The number of hydrogen-bond acceptors (Lipinski definition) is 6. The summed E-state index contributed by atoms with van der Waals surface area (Å²) >= 11 is 16.2. The lowest BCUT2D eigenvalue weighted by molar-refractivity contribution is -0.135. The highest BCUT2D eigenvalue weighted by Crippen LogP contribution is 2.49. The molecule has 1 rings (SSSR count). The first kappa shape index (κ1) is 26.8. The van der Waals surface area contributed by atoms with Crippen molar-refractivity contribution in [1.82, 2.24) is 0 Å². The number of aromatic hydroxyl groups is 3. The zero-order valence-electron chi connectivity index (χ0n) is 12.5. The molecule has 0 saturated carbocycles. The van der Waals surface area contributed by atoms with Crippen LogP contribution in [0.25, 0.3) is 0 Å². The molecule has 0 aromatic heterocycles. The molecule has 138 valence electrons. The molecule has 9 nitrogen and oxygen atoms in total. The van der Waals surface area contributed by atoms with E-state index in [0.29, 0.717) is 0 Å². The second-order valence-electron chi connectivity index (χ2n) is 3.54. The lowest BCUT2D eigenvalue weighted by Crippen LogP contribution is -1.78. The van der Waals surface area contributed by atoms with Crippen molar-refractivity contribution < 1.29 is 45.0 Å². The van der Waals surface area contributed by atoms with Crippen molar-refractivity contribution in [3.63, 3.8) is 0 Å². The maximum atomic E-state index is 9.07. The molecule has 0 spiro atoms. The van der Waals surface area contributed by atoms with Gasteiger partial charge >= 0.3 is 0 Å². The molecule has 0 aliphatic carbocycles. The van der Waals surface area contributed by atoms with Gasteiger partial charge in [0.2, 0.25) is 0 Å². The first-order chi connectivity index (χ1) is 10.7. The number of carboxylic acids is 3. The average molecular weight is 410 g/mol. The van der Waals surface area contributed by atoms with Crippen LogP contribution in [0.5, 0.6) is 17.2 Å². The molecule has 1 aromatic rings. The van der Waals surface area contributed by atoms with Crippen LogP contribution < -0.4 is 0 Å². The van der Waals surface area contributed by atoms with E-state index in [2.05, 4.69) is 0 Å². The van der Waals surface area contributed by atoms with E-state index < -0.39 is 40.2 Å². The van der Waals surface area contributed by atoms with Gasteiger partial charge < -0.3 is 30.6 Å². The number of phenolic OH excluding ortho intramolecular Hbond substituents is 3. The average Bonchev–Trinajstić information content (AvgIpc) is 2.39. The van der Waals surface area contributed by atoms with Gasteiger partial charge in [-0.1, -0.05) is 34.8 Å². The van der Waals surface area contributed by atoms with Crippen LogP contribution in [0.15, 0.2) is 0 Å². The fourth-order valence-electron chi connectivity index (χ4n) is 0.624. The van der Waals surface area contributed by atoms with E-state index in [1.807, 2.05) is 0 Å². The maximum Gasteiger partial charge on any atom is 0.300 e. The van der Waals surface area contributed by atoms with Crippen LogP contribution in [0.1, 0.15) is 20.8 Å². The molecule has 0 saturated heterocycles. The summed E-state index contributed by atoms with van der Waals surface area (Å²) in [5.74, 6) is -4.40. The minimum Gasteiger partial charge on any atom is -0.505 e. The Labute approximate surface area is 151 Å². The third kappa shape index (κ3) is 14.8. The number of halogens is 3. The molecular formula is C12H15Cl3O9. The normalized spacial score (nSPS) is 8.25. The minimum atomic E-state index is -0.833. The third-order valence-electron chi connectivity index (χ3n) is 1.25. The topological polar surface area (TPSA) is 173 Å². The highest BCUT2D eigenvalue weighted by Gasteiger charge is 2.19. The summed E-state index contributed by atoms with van der Waals surface area (Å²) in [5.41, 5.74) is 0. The van der Waals surface area contributed by atoms with Gasteiger partial charge in [-0.15, -0.1) is 0 Å². The highest BCUT2D eigenvalue weighted by molar-refractivity contribution is 6.46. The van der Waals surface area contributed by atoms with Crippen LogP contribution in [0.3, 0.4) is 0 Å². The number of carboxylic acid groups (broad SMARTS) is 3. The van der Waals surface area contributed by atoms with Crippen LogP contribution in [-0.2, 0) is 14.4 Å². The maximum absolute atomic E-state index is 9.07. The quantitative estimate of drug-likeness (QED) is 0.214. The summed E-state index contributed by atoms with van der Waals surface area (Å²) in [4.78, 5) is 27.0. The van der Waals surface area contributed by atoms with E-state index in [4.69, 9.17) is 79.8 Å². The Hall–Kier alpha value is -2.10. The molecule has 0 aliphatic rings. The molecule has 0 radical (unpaired) electrons. The van der Waals surface area contributed by atoms with Crippen molar-refractivity contribution in [3.8, 4) is 17.2 Å². The molecule has 0 unspecified atom stereocenters. The Kier molecular flexibility index (Phi) is 14.9. The number of rotatable bonds is 0. The lowest BCUT2D eigenvalue weighted by Gasteiger charge is -2.06. The standard InChI is InChI=1S/C6H3Cl3O3.3C2H4O2/c7-1-2(8)5(11)6(12)3(9)4(1)10;3*1-2(3)4/h10-12H;3*1H3,(H,3,4). The van der Waals surface area contributed by atoms with Gasteiger partial charge in [0, 0.05) is 20.8 Å². The van der Waals surface area contributed by atoms with Gasteiger partial charge in [-0.05, 0) is 0 Å². The van der Waals surface area contributed by atoms with E-state index in [9.17, 15) is 0 Å². The van der Waals surface area contributed by atoms with Crippen molar-refractivity contribution in [3.05, 3.63) is 15.1 Å². The second-order valence-corrected chi connectivity index (χ2v) is 4.68. The van der Waals surface area contributed by atoms with Crippen LogP contribution in [0, 0.1) is 0 Å². The highest BCUT2D eigenvalue weighted by atomic mass is 35.5. The molecule has 0 fully saturated rings. The van der Waals surface area contributed by atoms with E-state index >= 15 is 0 Å². The van der Waals surface area contributed by atoms with Crippen molar-refractivity contribution in [2.45, 2.75) is 20.8 Å². The Balaban J connectivity index is -0.000000304. The number of aliphatic carboxylic acids is 3. The Morgan fingerprint density at radius 2 is 0.750 bits per heavy atom. The molecule has 0 atom stereocenters.